The van der Waals surface area contributed by atoms with Crippen molar-refractivity contribution in [1.29, 1.82) is 0 Å². The Morgan fingerprint density at radius 1 is 0.955 bits per heavy atom. The summed E-state index contributed by atoms with van der Waals surface area (Å²) in [5.74, 6) is 0. The van der Waals surface area contributed by atoms with Gasteiger partial charge in [-0.3, -0.25) is 0 Å². The maximum Gasteiger partial charge on any atom is 0.495 e. The Morgan fingerprint density at radius 2 is 1.64 bits per heavy atom. The zero-order valence-corrected chi connectivity index (χ0v) is 14.1. The third-order valence-electron chi connectivity index (χ3n) is 4.87. The maximum atomic E-state index is 8.25. The molecule has 2 nitrogen and oxygen atoms in total. The monoisotopic (exact) mass is 311 g/mol. The van der Waals surface area contributed by atoms with Gasteiger partial charge in [-0.05, 0) is 50.7 Å². The molecule has 2 heterocycles. The molecule has 0 amide bonds. The highest BCUT2D eigenvalue weighted by atomic mass is 32.1. The Hall–Kier alpha value is -1.36. The number of rotatable bonds is 1. The Kier molecular flexibility index (Phi) is 2.73. The van der Waals surface area contributed by atoms with Gasteiger partial charge >= 0.3 is 7.12 Å². The van der Waals surface area contributed by atoms with Crippen LogP contribution >= 0.6 is 11.3 Å². The average molecular weight is 311 g/mol. The van der Waals surface area contributed by atoms with Gasteiger partial charge in [-0.15, -0.1) is 11.3 Å². The largest absolute Gasteiger partial charge is 0.495 e. The SMILES string of the molecule is [2H]c1ccc(B2OC(C)(C)C(C)(C)O2)c2c1sc1ccccc12. The van der Waals surface area contributed by atoms with E-state index in [2.05, 4.69) is 39.8 Å². The molecule has 3 aromatic rings. The summed E-state index contributed by atoms with van der Waals surface area (Å²) in [7, 11) is -0.402. The van der Waals surface area contributed by atoms with Gasteiger partial charge in [0.05, 0.1) is 12.6 Å². The van der Waals surface area contributed by atoms with E-state index in [4.69, 9.17) is 10.7 Å². The number of benzene rings is 2. The fraction of sp³-hybridized carbons (Fsp3) is 0.333. The smallest absolute Gasteiger partial charge is 0.399 e. The fourth-order valence-electron chi connectivity index (χ4n) is 2.89. The molecule has 0 spiro atoms. The topological polar surface area (TPSA) is 18.5 Å². The first-order valence-electron chi connectivity index (χ1n) is 8.06. The molecule has 22 heavy (non-hydrogen) atoms. The van der Waals surface area contributed by atoms with Crippen molar-refractivity contribution in [3.8, 4) is 0 Å². The van der Waals surface area contributed by atoms with Gasteiger partial charge in [0.15, 0.2) is 0 Å². The van der Waals surface area contributed by atoms with Crippen molar-refractivity contribution in [1.82, 2.24) is 0 Å². The molecule has 4 heteroatoms. The molecule has 0 bridgehead atoms. The molecular weight excluding hydrogens is 291 g/mol. The van der Waals surface area contributed by atoms with E-state index in [1.807, 2.05) is 24.3 Å². The molecule has 2 aromatic carbocycles. The lowest BCUT2D eigenvalue weighted by Crippen LogP contribution is -2.41. The van der Waals surface area contributed by atoms with Gasteiger partial charge < -0.3 is 9.31 Å². The van der Waals surface area contributed by atoms with Crippen molar-refractivity contribution >= 4 is 44.1 Å². The Morgan fingerprint density at radius 3 is 2.36 bits per heavy atom. The molecule has 0 N–H and O–H groups in total. The highest BCUT2D eigenvalue weighted by Crippen LogP contribution is 2.38. The quantitative estimate of drug-likeness (QED) is 0.622. The number of fused-ring (bicyclic) bond motifs is 3. The zero-order chi connectivity index (χ0) is 16.4. The van der Waals surface area contributed by atoms with Gasteiger partial charge in [0.2, 0.25) is 0 Å². The average Bonchev–Trinajstić information content (AvgIpc) is 2.96. The highest BCUT2D eigenvalue weighted by Gasteiger charge is 2.52. The third-order valence-corrected chi connectivity index (χ3v) is 5.97. The molecule has 0 aliphatic carbocycles. The van der Waals surface area contributed by atoms with Crippen LogP contribution in [0.3, 0.4) is 0 Å². The van der Waals surface area contributed by atoms with Gasteiger partial charge in [0, 0.05) is 14.8 Å². The Bertz CT molecular complexity index is 900. The summed E-state index contributed by atoms with van der Waals surface area (Å²) in [6.07, 6.45) is 0. The van der Waals surface area contributed by atoms with Crippen LogP contribution in [0.4, 0.5) is 0 Å². The molecule has 1 aromatic heterocycles. The minimum atomic E-state index is -0.402. The predicted molar refractivity (Wildman–Crippen MR) is 95.0 cm³/mol. The zero-order valence-electron chi connectivity index (χ0n) is 14.3. The second-order valence-electron chi connectivity index (χ2n) is 6.82. The maximum absolute atomic E-state index is 8.25. The lowest BCUT2D eigenvalue weighted by molar-refractivity contribution is 0.00578. The minimum absolute atomic E-state index is 0.366. The summed E-state index contributed by atoms with van der Waals surface area (Å²) < 4.78 is 22.9. The third kappa shape index (κ3) is 1.94. The number of hydrogen-bond donors (Lipinski definition) is 0. The predicted octanol–water partition coefficient (Wildman–Crippen LogP) is 4.35. The van der Waals surface area contributed by atoms with Crippen molar-refractivity contribution in [2.75, 3.05) is 0 Å². The summed E-state index contributed by atoms with van der Waals surface area (Å²) in [6.45, 7) is 8.26. The molecule has 0 atom stereocenters. The molecule has 4 rings (SSSR count). The number of thiophene rings is 1. The number of hydrogen-bond acceptors (Lipinski definition) is 3. The lowest BCUT2D eigenvalue weighted by Gasteiger charge is -2.32. The second kappa shape index (κ2) is 4.57. The van der Waals surface area contributed by atoms with Gasteiger partial charge in [-0.2, -0.15) is 0 Å². The normalized spacial score (nSPS) is 20.7. The van der Waals surface area contributed by atoms with Crippen LogP contribution in [0, 0.1) is 0 Å². The molecule has 1 aliphatic rings. The summed E-state index contributed by atoms with van der Waals surface area (Å²) in [5.41, 5.74) is 0.289. The van der Waals surface area contributed by atoms with Crippen molar-refractivity contribution in [3.63, 3.8) is 0 Å². The summed E-state index contributed by atoms with van der Waals surface area (Å²) in [5, 5.41) is 2.27. The second-order valence-corrected chi connectivity index (χ2v) is 7.88. The first-order chi connectivity index (χ1) is 10.8. The molecular formula is C18H19BO2S. The van der Waals surface area contributed by atoms with Gasteiger partial charge in [-0.1, -0.05) is 30.3 Å². The first-order valence-corrected chi connectivity index (χ1v) is 8.38. The van der Waals surface area contributed by atoms with E-state index >= 15 is 0 Å². The fourth-order valence-corrected chi connectivity index (χ4v) is 3.99. The molecule has 1 fully saturated rings. The van der Waals surface area contributed by atoms with E-state index < -0.39 is 7.12 Å². The lowest BCUT2D eigenvalue weighted by atomic mass is 9.76. The van der Waals surface area contributed by atoms with Crippen molar-refractivity contribution < 1.29 is 10.7 Å². The van der Waals surface area contributed by atoms with Crippen LogP contribution in [0.15, 0.2) is 42.4 Å². The molecule has 1 saturated heterocycles. The van der Waals surface area contributed by atoms with E-state index in [-0.39, 0.29) is 11.2 Å². The molecule has 1 aliphatic heterocycles. The van der Waals surface area contributed by atoms with Crippen LogP contribution in [0.1, 0.15) is 29.1 Å². The summed E-state index contributed by atoms with van der Waals surface area (Å²) >= 11 is 1.66. The summed E-state index contributed by atoms with van der Waals surface area (Å²) in [4.78, 5) is 0. The van der Waals surface area contributed by atoms with Gasteiger partial charge in [0.1, 0.15) is 0 Å². The van der Waals surface area contributed by atoms with Gasteiger partial charge in [0.25, 0.3) is 0 Å². The minimum Gasteiger partial charge on any atom is -0.399 e. The van der Waals surface area contributed by atoms with E-state index in [1.54, 1.807) is 11.3 Å². The molecule has 0 unspecified atom stereocenters. The van der Waals surface area contributed by atoms with Crippen molar-refractivity contribution in [3.05, 3.63) is 42.4 Å². The standard InChI is InChI=1S/C18H19BO2S/c1-17(2)18(3,4)21-19(20-17)13-9-7-11-15-16(13)12-8-5-6-10-14(12)22-15/h5-11H,1-4H3/i11D. The van der Waals surface area contributed by atoms with Crippen LogP contribution < -0.4 is 5.46 Å². The van der Waals surface area contributed by atoms with Crippen LogP contribution in [-0.4, -0.2) is 18.3 Å². The van der Waals surface area contributed by atoms with Crippen molar-refractivity contribution in [2.45, 2.75) is 38.9 Å². The summed E-state index contributed by atoms with van der Waals surface area (Å²) in [6, 6.07) is 12.7. The van der Waals surface area contributed by atoms with Crippen LogP contribution in [-0.2, 0) is 9.31 Å². The van der Waals surface area contributed by atoms with Crippen LogP contribution in [0.2, 0.25) is 0 Å². The van der Waals surface area contributed by atoms with Gasteiger partial charge in [-0.25, -0.2) is 0 Å². The first kappa shape index (κ1) is 13.1. The Labute approximate surface area is 136 Å². The Balaban J connectivity index is 1.97. The molecule has 0 saturated carbocycles. The van der Waals surface area contributed by atoms with Crippen LogP contribution in [0.25, 0.3) is 20.2 Å². The van der Waals surface area contributed by atoms with E-state index in [9.17, 15) is 0 Å². The van der Waals surface area contributed by atoms with Crippen molar-refractivity contribution in [2.24, 2.45) is 0 Å². The van der Waals surface area contributed by atoms with E-state index in [0.717, 1.165) is 15.5 Å². The molecule has 0 radical (unpaired) electrons. The molecule has 112 valence electrons. The van der Waals surface area contributed by atoms with E-state index in [1.165, 1.54) is 10.1 Å². The highest BCUT2D eigenvalue weighted by molar-refractivity contribution is 7.26. The van der Waals surface area contributed by atoms with Crippen LogP contribution in [0.5, 0.6) is 0 Å². The van der Waals surface area contributed by atoms with E-state index in [0.29, 0.717) is 6.04 Å².